The lowest BCUT2D eigenvalue weighted by molar-refractivity contribution is -0.131. The Balaban J connectivity index is 1.53. The molecule has 6 nitrogen and oxygen atoms in total. The number of benzene rings is 2. The Kier molecular flexibility index (Phi) is 7.36. The highest BCUT2D eigenvalue weighted by atomic mass is 35.5. The second-order valence-corrected chi connectivity index (χ2v) is 10.5. The molecule has 2 aliphatic heterocycles. The standard InChI is InChI=1S/C29H31ClN4O2S/c1-3-20-9-8-10-24-21(18-33(27(20)24)19-26(35)32-15-6-4-5-7-16-32)17-25-28(36)34(29(37)31(25)2)23-13-11-22(30)12-14-23/h8-14,17-18H,3-7,15-16,19H2,1-2H3/b25-17-. The fourth-order valence-corrected chi connectivity index (χ4v) is 5.69. The van der Waals surface area contributed by atoms with Gasteiger partial charge in [0.15, 0.2) is 5.11 Å². The van der Waals surface area contributed by atoms with Crippen LogP contribution in [0.2, 0.25) is 5.02 Å². The summed E-state index contributed by atoms with van der Waals surface area (Å²) in [6.07, 6.45) is 9.24. The maximum atomic E-state index is 13.5. The van der Waals surface area contributed by atoms with Crippen molar-refractivity contribution in [2.75, 3.05) is 25.0 Å². The first-order valence-electron chi connectivity index (χ1n) is 12.9. The third-order valence-electron chi connectivity index (χ3n) is 7.30. The van der Waals surface area contributed by atoms with Gasteiger partial charge in [0.05, 0.1) is 11.2 Å². The predicted octanol–water partition coefficient (Wildman–Crippen LogP) is 5.86. The fraction of sp³-hybridized carbons (Fsp3) is 0.345. The van der Waals surface area contributed by atoms with E-state index >= 15 is 0 Å². The van der Waals surface area contributed by atoms with Gasteiger partial charge in [0, 0.05) is 42.3 Å². The van der Waals surface area contributed by atoms with Crippen molar-refractivity contribution in [1.82, 2.24) is 14.4 Å². The number of para-hydroxylation sites is 1. The van der Waals surface area contributed by atoms with Gasteiger partial charge in [-0.05, 0) is 67.4 Å². The summed E-state index contributed by atoms with van der Waals surface area (Å²) in [5, 5.41) is 2.03. The third kappa shape index (κ3) is 4.90. The van der Waals surface area contributed by atoms with Crippen molar-refractivity contribution in [3.05, 3.63) is 70.5 Å². The van der Waals surface area contributed by atoms with E-state index in [2.05, 4.69) is 23.6 Å². The number of amides is 2. The highest BCUT2D eigenvalue weighted by molar-refractivity contribution is 7.80. The molecular formula is C29H31ClN4O2S. The highest BCUT2D eigenvalue weighted by Gasteiger charge is 2.37. The Morgan fingerprint density at radius 2 is 1.76 bits per heavy atom. The first-order valence-corrected chi connectivity index (χ1v) is 13.7. The Hall–Kier alpha value is -3.16. The van der Waals surface area contributed by atoms with Gasteiger partial charge in [-0.25, -0.2) is 0 Å². The number of anilines is 1. The zero-order chi connectivity index (χ0) is 26.1. The molecule has 2 amide bonds. The molecular weight excluding hydrogens is 504 g/mol. The van der Waals surface area contributed by atoms with Crippen LogP contribution in [0.25, 0.3) is 17.0 Å². The average molecular weight is 535 g/mol. The Labute approximate surface area is 228 Å². The van der Waals surface area contributed by atoms with Crippen molar-refractivity contribution in [1.29, 1.82) is 0 Å². The van der Waals surface area contributed by atoms with E-state index in [1.165, 1.54) is 23.3 Å². The van der Waals surface area contributed by atoms with Crippen molar-refractivity contribution in [3.8, 4) is 0 Å². The number of rotatable bonds is 5. The van der Waals surface area contributed by atoms with Crippen molar-refractivity contribution >= 4 is 63.4 Å². The number of thiocarbonyl (C=S) groups is 1. The molecule has 2 fully saturated rings. The van der Waals surface area contributed by atoms with Crippen LogP contribution in [-0.2, 0) is 22.6 Å². The van der Waals surface area contributed by atoms with E-state index < -0.39 is 0 Å². The van der Waals surface area contributed by atoms with Gasteiger partial charge in [0.1, 0.15) is 12.2 Å². The number of carbonyl (C=O) groups excluding carboxylic acids is 2. The van der Waals surface area contributed by atoms with Crippen molar-refractivity contribution < 1.29 is 9.59 Å². The maximum absolute atomic E-state index is 13.5. The van der Waals surface area contributed by atoms with Gasteiger partial charge in [-0.2, -0.15) is 0 Å². The highest BCUT2D eigenvalue weighted by Crippen LogP contribution is 2.32. The molecule has 2 saturated heterocycles. The summed E-state index contributed by atoms with van der Waals surface area (Å²) in [4.78, 5) is 32.1. The van der Waals surface area contributed by atoms with Gasteiger partial charge in [-0.1, -0.05) is 49.6 Å². The van der Waals surface area contributed by atoms with Gasteiger partial charge in [0.2, 0.25) is 5.91 Å². The number of nitrogens with zero attached hydrogens (tertiary/aromatic N) is 4. The van der Waals surface area contributed by atoms with E-state index in [1.807, 2.05) is 30.3 Å². The molecule has 192 valence electrons. The molecule has 5 rings (SSSR count). The molecule has 1 aromatic heterocycles. The molecule has 3 heterocycles. The van der Waals surface area contributed by atoms with Crippen LogP contribution in [0.3, 0.4) is 0 Å². The molecule has 0 N–H and O–H groups in total. The van der Waals surface area contributed by atoms with Gasteiger partial charge < -0.3 is 14.4 Å². The lowest BCUT2D eigenvalue weighted by Gasteiger charge is -2.21. The van der Waals surface area contributed by atoms with E-state index in [-0.39, 0.29) is 18.4 Å². The monoisotopic (exact) mass is 534 g/mol. The molecule has 0 radical (unpaired) electrons. The van der Waals surface area contributed by atoms with E-state index in [0.29, 0.717) is 21.5 Å². The lowest BCUT2D eigenvalue weighted by atomic mass is 10.1. The molecule has 2 aliphatic rings. The number of likely N-dealkylation sites (tertiary alicyclic amines) is 1. The van der Waals surface area contributed by atoms with Crippen LogP contribution in [0.4, 0.5) is 5.69 Å². The number of hydrogen-bond donors (Lipinski definition) is 0. The molecule has 0 aliphatic carbocycles. The zero-order valence-electron chi connectivity index (χ0n) is 21.2. The van der Waals surface area contributed by atoms with Crippen LogP contribution in [0, 0.1) is 0 Å². The van der Waals surface area contributed by atoms with Gasteiger partial charge >= 0.3 is 0 Å². The molecule has 0 atom stereocenters. The van der Waals surface area contributed by atoms with Crippen LogP contribution in [0.5, 0.6) is 0 Å². The summed E-state index contributed by atoms with van der Waals surface area (Å²) in [5.41, 5.74) is 4.28. The van der Waals surface area contributed by atoms with Crippen LogP contribution in [0.15, 0.2) is 54.4 Å². The number of aryl methyl sites for hydroxylation is 1. The number of carbonyl (C=O) groups is 2. The number of likely N-dealkylation sites (N-methyl/N-ethyl adjacent to an activating group) is 1. The first kappa shape index (κ1) is 25.5. The second-order valence-electron chi connectivity index (χ2n) is 9.66. The molecule has 37 heavy (non-hydrogen) atoms. The number of aromatic nitrogens is 1. The van der Waals surface area contributed by atoms with Crippen LogP contribution < -0.4 is 4.90 Å². The third-order valence-corrected chi connectivity index (χ3v) is 8.01. The summed E-state index contributed by atoms with van der Waals surface area (Å²) in [7, 11) is 1.81. The normalized spacial score (nSPS) is 17.8. The van der Waals surface area contributed by atoms with Gasteiger partial charge in [-0.3, -0.25) is 14.5 Å². The van der Waals surface area contributed by atoms with Crippen LogP contribution in [0.1, 0.15) is 43.7 Å². The molecule has 0 bridgehead atoms. The minimum Gasteiger partial charge on any atom is -0.341 e. The SMILES string of the molecule is CCc1cccc2c(/C=C3/C(=O)N(c4ccc(Cl)cc4)C(=S)N3C)cn(CC(=O)N3CCCCCC3)c12. The summed E-state index contributed by atoms with van der Waals surface area (Å²) in [6, 6.07) is 13.3. The molecule has 0 saturated carbocycles. The molecule has 0 spiro atoms. The molecule has 8 heteroatoms. The van der Waals surface area contributed by atoms with Gasteiger partial charge in [-0.15, -0.1) is 0 Å². The first-order chi connectivity index (χ1) is 17.9. The number of halogens is 1. The van der Waals surface area contributed by atoms with Crippen molar-refractivity contribution in [3.63, 3.8) is 0 Å². The predicted molar refractivity (Wildman–Crippen MR) is 154 cm³/mol. The minimum absolute atomic E-state index is 0.146. The fourth-order valence-electron chi connectivity index (χ4n) is 5.28. The molecule has 3 aromatic rings. The second kappa shape index (κ2) is 10.7. The van der Waals surface area contributed by atoms with Crippen molar-refractivity contribution in [2.24, 2.45) is 0 Å². The Bertz CT molecular complexity index is 1390. The summed E-state index contributed by atoms with van der Waals surface area (Å²) < 4.78 is 2.06. The maximum Gasteiger partial charge on any atom is 0.281 e. The summed E-state index contributed by atoms with van der Waals surface area (Å²) in [6.45, 7) is 4.06. The van der Waals surface area contributed by atoms with E-state index in [1.54, 1.807) is 29.2 Å². The quantitative estimate of drug-likeness (QED) is 0.304. The Morgan fingerprint density at radius 1 is 1.05 bits per heavy atom. The largest absolute Gasteiger partial charge is 0.341 e. The smallest absolute Gasteiger partial charge is 0.281 e. The summed E-state index contributed by atoms with van der Waals surface area (Å²) >= 11 is 11.7. The summed E-state index contributed by atoms with van der Waals surface area (Å²) in [5.74, 6) is -0.0453. The Morgan fingerprint density at radius 3 is 2.43 bits per heavy atom. The van der Waals surface area contributed by atoms with E-state index in [4.69, 9.17) is 23.8 Å². The molecule has 2 aromatic carbocycles. The lowest BCUT2D eigenvalue weighted by Crippen LogP contribution is -2.34. The number of hydrogen-bond acceptors (Lipinski definition) is 3. The van der Waals surface area contributed by atoms with Gasteiger partial charge in [0.25, 0.3) is 5.91 Å². The van der Waals surface area contributed by atoms with E-state index in [9.17, 15) is 9.59 Å². The zero-order valence-corrected chi connectivity index (χ0v) is 22.8. The van der Waals surface area contributed by atoms with Crippen LogP contribution in [-0.4, -0.2) is 51.4 Å². The van der Waals surface area contributed by atoms with Crippen LogP contribution >= 0.6 is 23.8 Å². The minimum atomic E-state index is -0.192. The number of fused-ring (bicyclic) bond motifs is 1. The average Bonchev–Trinajstić information content (AvgIpc) is 3.18. The topological polar surface area (TPSA) is 48.8 Å². The van der Waals surface area contributed by atoms with E-state index in [0.717, 1.165) is 48.8 Å². The molecule has 0 unspecified atom stereocenters. The van der Waals surface area contributed by atoms with Crippen molar-refractivity contribution in [2.45, 2.75) is 45.6 Å².